The quantitative estimate of drug-likeness (QED) is 0.409. The van der Waals surface area contributed by atoms with E-state index in [1.54, 1.807) is 36.4 Å². The van der Waals surface area contributed by atoms with Crippen molar-refractivity contribution in [1.29, 1.82) is 0 Å². The van der Waals surface area contributed by atoms with Crippen LogP contribution in [0.25, 0.3) is 6.08 Å². The molecule has 0 spiro atoms. The second kappa shape index (κ2) is 9.96. The molecule has 2 aromatic rings. The van der Waals surface area contributed by atoms with Crippen molar-refractivity contribution in [3.8, 4) is 11.5 Å². The van der Waals surface area contributed by atoms with Crippen molar-refractivity contribution in [2.75, 3.05) is 13.2 Å². The number of rotatable bonds is 7. The minimum atomic E-state index is -0.427. The van der Waals surface area contributed by atoms with Gasteiger partial charge in [-0.2, -0.15) is 0 Å². The Morgan fingerprint density at radius 2 is 1.67 bits per heavy atom. The van der Waals surface area contributed by atoms with E-state index in [4.69, 9.17) is 44.3 Å². The van der Waals surface area contributed by atoms with E-state index in [0.29, 0.717) is 50.9 Å². The van der Waals surface area contributed by atoms with E-state index in [1.165, 1.54) is 0 Å². The molecular formula is C21H18Cl3NO4S. The largest absolute Gasteiger partial charge is 0.490 e. The smallest absolute Gasteiger partial charge is 0.293 e. The monoisotopic (exact) mass is 485 g/mol. The van der Waals surface area contributed by atoms with E-state index in [-0.39, 0.29) is 11.4 Å². The molecule has 1 heterocycles. The number of carbonyl (C=O) groups is 2. The Morgan fingerprint density at radius 1 is 1.00 bits per heavy atom. The molecule has 1 fully saturated rings. The van der Waals surface area contributed by atoms with E-state index < -0.39 is 11.1 Å². The number of hydrogen-bond acceptors (Lipinski definition) is 5. The molecule has 2 aromatic carbocycles. The number of ether oxygens (including phenoxy) is 2. The minimum absolute atomic E-state index is 0.00522. The van der Waals surface area contributed by atoms with Crippen molar-refractivity contribution in [1.82, 2.24) is 4.90 Å². The summed E-state index contributed by atoms with van der Waals surface area (Å²) in [6, 6.07) is 8.41. The third-order valence-corrected chi connectivity index (χ3v) is 6.07. The Hall–Kier alpha value is -1.86. The van der Waals surface area contributed by atoms with Crippen LogP contribution >= 0.6 is 46.6 Å². The highest BCUT2D eigenvalue weighted by atomic mass is 35.5. The van der Waals surface area contributed by atoms with E-state index in [9.17, 15) is 9.59 Å². The lowest BCUT2D eigenvalue weighted by Crippen LogP contribution is -2.27. The van der Waals surface area contributed by atoms with E-state index in [1.807, 2.05) is 13.8 Å². The van der Waals surface area contributed by atoms with Crippen molar-refractivity contribution in [3.63, 3.8) is 0 Å². The van der Waals surface area contributed by atoms with Gasteiger partial charge in [0.2, 0.25) is 0 Å². The summed E-state index contributed by atoms with van der Waals surface area (Å²) in [6.07, 6.45) is 1.60. The highest BCUT2D eigenvalue weighted by molar-refractivity contribution is 8.18. The van der Waals surface area contributed by atoms with Crippen molar-refractivity contribution >= 4 is 63.8 Å². The summed E-state index contributed by atoms with van der Waals surface area (Å²) < 4.78 is 11.2. The highest BCUT2D eigenvalue weighted by Crippen LogP contribution is 2.40. The zero-order chi connectivity index (χ0) is 21.8. The minimum Gasteiger partial charge on any atom is -0.490 e. The predicted octanol–water partition coefficient (Wildman–Crippen LogP) is 6.68. The molecule has 1 aliphatic rings. The molecule has 0 unspecified atom stereocenters. The van der Waals surface area contributed by atoms with Gasteiger partial charge in [0.05, 0.1) is 29.7 Å². The van der Waals surface area contributed by atoms with Gasteiger partial charge in [-0.15, -0.1) is 0 Å². The van der Waals surface area contributed by atoms with Gasteiger partial charge in [-0.05, 0) is 61.5 Å². The second-order valence-electron chi connectivity index (χ2n) is 6.16. The first-order chi connectivity index (χ1) is 14.3. The van der Waals surface area contributed by atoms with E-state index in [0.717, 1.165) is 16.7 Å². The number of hydrogen-bond donors (Lipinski definition) is 0. The summed E-state index contributed by atoms with van der Waals surface area (Å²) in [5.74, 6) is 0.490. The number of nitrogens with zero attached hydrogens (tertiary/aromatic N) is 1. The van der Waals surface area contributed by atoms with Crippen molar-refractivity contribution in [2.24, 2.45) is 0 Å². The Kier molecular flexibility index (Phi) is 7.58. The molecule has 9 heteroatoms. The number of halogens is 3. The lowest BCUT2D eigenvalue weighted by atomic mass is 10.1. The number of imide groups is 1. The standard InChI is InChI=1S/C21H18Cl3NO4S/c1-3-28-17-9-12(8-16(24)19(17)29-4-2)10-18-20(26)25(21(27)30-18)11-13-14(22)6-5-7-15(13)23/h5-10H,3-4,11H2,1-2H3. The number of amides is 2. The fraction of sp³-hybridized carbons (Fsp3) is 0.238. The maximum absolute atomic E-state index is 12.9. The first-order valence-corrected chi connectivity index (χ1v) is 11.1. The van der Waals surface area contributed by atoms with Gasteiger partial charge in [0.25, 0.3) is 11.1 Å². The summed E-state index contributed by atoms with van der Waals surface area (Å²) in [7, 11) is 0. The molecule has 3 rings (SSSR count). The summed E-state index contributed by atoms with van der Waals surface area (Å²) >= 11 is 19.5. The highest BCUT2D eigenvalue weighted by Gasteiger charge is 2.35. The fourth-order valence-electron chi connectivity index (χ4n) is 2.85. The number of carbonyl (C=O) groups excluding carboxylic acids is 2. The van der Waals surface area contributed by atoms with E-state index in [2.05, 4.69) is 0 Å². The van der Waals surface area contributed by atoms with Gasteiger partial charge >= 0.3 is 0 Å². The molecule has 0 bridgehead atoms. The molecule has 0 atom stereocenters. The van der Waals surface area contributed by atoms with Gasteiger partial charge in [0, 0.05) is 15.6 Å². The van der Waals surface area contributed by atoms with Crippen LogP contribution in [0.4, 0.5) is 4.79 Å². The van der Waals surface area contributed by atoms with Crippen LogP contribution in [0.15, 0.2) is 35.2 Å². The first kappa shape index (κ1) is 22.8. The summed E-state index contributed by atoms with van der Waals surface area (Å²) in [5, 5.41) is 0.746. The molecular weight excluding hydrogens is 469 g/mol. The molecule has 0 aliphatic carbocycles. The Morgan fingerprint density at radius 3 is 2.30 bits per heavy atom. The average Bonchev–Trinajstić information content (AvgIpc) is 2.94. The third-order valence-electron chi connectivity index (χ3n) is 4.17. The predicted molar refractivity (Wildman–Crippen MR) is 122 cm³/mol. The van der Waals surface area contributed by atoms with Gasteiger partial charge in [-0.25, -0.2) is 0 Å². The first-order valence-electron chi connectivity index (χ1n) is 9.13. The molecule has 0 radical (unpaired) electrons. The van der Waals surface area contributed by atoms with Crippen molar-refractivity contribution in [3.05, 3.63) is 61.4 Å². The Labute approximate surface area is 193 Å². The maximum atomic E-state index is 12.9. The van der Waals surface area contributed by atoms with Crippen LogP contribution < -0.4 is 9.47 Å². The molecule has 1 saturated heterocycles. The maximum Gasteiger partial charge on any atom is 0.293 e. The Bertz CT molecular complexity index is 1010. The van der Waals surface area contributed by atoms with Crippen LogP contribution in [-0.2, 0) is 11.3 Å². The van der Waals surface area contributed by atoms with Crippen LogP contribution in [0.3, 0.4) is 0 Å². The molecule has 5 nitrogen and oxygen atoms in total. The average molecular weight is 487 g/mol. The SMILES string of the molecule is CCOc1cc(C=C2SC(=O)N(Cc3c(Cl)cccc3Cl)C2=O)cc(Cl)c1OCC. The Balaban J connectivity index is 1.90. The van der Waals surface area contributed by atoms with Gasteiger partial charge in [-0.3, -0.25) is 14.5 Å². The van der Waals surface area contributed by atoms with E-state index >= 15 is 0 Å². The molecule has 2 amide bonds. The van der Waals surface area contributed by atoms with Crippen LogP contribution in [0.1, 0.15) is 25.0 Å². The van der Waals surface area contributed by atoms with Gasteiger partial charge in [-0.1, -0.05) is 40.9 Å². The van der Waals surface area contributed by atoms with Crippen molar-refractivity contribution < 1.29 is 19.1 Å². The van der Waals surface area contributed by atoms with Crippen molar-refractivity contribution in [2.45, 2.75) is 20.4 Å². The summed E-state index contributed by atoms with van der Waals surface area (Å²) in [4.78, 5) is 26.7. The summed E-state index contributed by atoms with van der Waals surface area (Å²) in [5.41, 5.74) is 1.14. The lowest BCUT2D eigenvalue weighted by Gasteiger charge is -2.15. The van der Waals surface area contributed by atoms with Crippen LogP contribution in [0.5, 0.6) is 11.5 Å². The van der Waals surface area contributed by atoms with Crippen LogP contribution in [-0.4, -0.2) is 29.3 Å². The number of benzene rings is 2. The normalized spacial score (nSPS) is 15.2. The number of thioether (sulfide) groups is 1. The fourth-order valence-corrected chi connectivity index (χ4v) is 4.48. The topological polar surface area (TPSA) is 55.8 Å². The summed E-state index contributed by atoms with van der Waals surface area (Å²) in [6.45, 7) is 4.55. The molecule has 0 aromatic heterocycles. The van der Waals surface area contributed by atoms with Gasteiger partial charge in [0.1, 0.15) is 0 Å². The van der Waals surface area contributed by atoms with Crippen LogP contribution in [0.2, 0.25) is 15.1 Å². The van der Waals surface area contributed by atoms with Gasteiger partial charge in [0.15, 0.2) is 11.5 Å². The molecule has 1 aliphatic heterocycles. The lowest BCUT2D eigenvalue weighted by molar-refractivity contribution is -0.123. The molecule has 158 valence electrons. The third kappa shape index (κ3) is 4.89. The van der Waals surface area contributed by atoms with Gasteiger partial charge < -0.3 is 9.47 Å². The zero-order valence-corrected chi connectivity index (χ0v) is 19.3. The van der Waals surface area contributed by atoms with Crippen LogP contribution in [0, 0.1) is 0 Å². The molecule has 0 N–H and O–H groups in total. The molecule has 0 saturated carbocycles. The molecule has 30 heavy (non-hydrogen) atoms. The second-order valence-corrected chi connectivity index (χ2v) is 8.38. The zero-order valence-electron chi connectivity index (χ0n) is 16.2.